The van der Waals surface area contributed by atoms with Crippen LogP contribution in [0.25, 0.3) is 0 Å². The third-order valence-corrected chi connectivity index (χ3v) is 1.89. The van der Waals surface area contributed by atoms with Crippen LogP contribution >= 0.6 is 0 Å². The minimum absolute atomic E-state index is 0.0949. The normalized spacial score (nSPS) is 38.4. The summed E-state index contributed by atoms with van der Waals surface area (Å²) in [5.41, 5.74) is -0.222. The minimum atomic E-state index is -0.481. The first-order valence-corrected chi connectivity index (χ1v) is 3.42. The van der Waals surface area contributed by atoms with Crippen LogP contribution in [-0.4, -0.2) is 25.3 Å². The zero-order valence-corrected chi connectivity index (χ0v) is 6.88. The molecule has 1 aliphatic heterocycles. The molecule has 0 radical (unpaired) electrons. The van der Waals surface area contributed by atoms with Crippen molar-refractivity contribution < 1.29 is 14.2 Å². The summed E-state index contributed by atoms with van der Waals surface area (Å²) in [6.07, 6.45) is 0.0949. The summed E-state index contributed by atoms with van der Waals surface area (Å²) >= 11 is 0. The van der Waals surface area contributed by atoms with Crippen LogP contribution in [-0.2, 0) is 14.2 Å². The molecule has 0 bridgehead atoms. The van der Waals surface area contributed by atoms with Gasteiger partial charge in [0.05, 0.1) is 11.7 Å². The Morgan fingerprint density at radius 3 is 2.20 bits per heavy atom. The lowest BCUT2D eigenvalue weighted by Gasteiger charge is -2.18. The van der Waals surface area contributed by atoms with Crippen LogP contribution < -0.4 is 0 Å². The van der Waals surface area contributed by atoms with Gasteiger partial charge in [-0.1, -0.05) is 0 Å². The second-order valence-electron chi connectivity index (χ2n) is 3.02. The zero-order chi connectivity index (χ0) is 7.78. The third-order valence-electron chi connectivity index (χ3n) is 1.89. The molecule has 0 aliphatic carbocycles. The lowest BCUT2D eigenvalue weighted by molar-refractivity contribution is -0.235. The van der Waals surface area contributed by atoms with E-state index in [1.807, 2.05) is 20.8 Å². The fourth-order valence-corrected chi connectivity index (χ4v) is 0.806. The van der Waals surface area contributed by atoms with E-state index in [0.717, 1.165) is 0 Å². The average Bonchev–Trinajstić information content (AvgIpc) is 2.08. The fraction of sp³-hybridized carbons (Fsp3) is 1.00. The van der Waals surface area contributed by atoms with E-state index in [1.54, 1.807) is 7.11 Å². The van der Waals surface area contributed by atoms with Crippen LogP contribution in [0.1, 0.15) is 20.8 Å². The van der Waals surface area contributed by atoms with Gasteiger partial charge in [0.2, 0.25) is 0 Å². The summed E-state index contributed by atoms with van der Waals surface area (Å²) in [7, 11) is 1.57. The van der Waals surface area contributed by atoms with Crippen LogP contribution in [0.2, 0.25) is 0 Å². The molecule has 0 saturated carbocycles. The lowest BCUT2D eigenvalue weighted by Crippen LogP contribution is -2.30. The Balaban J connectivity index is 2.53. The molecule has 2 atom stereocenters. The van der Waals surface area contributed by atoms with Crippen molar-refractivity contribution in [2.24, 2.45) is 0 Å². The van der Waals surface area contributed by atoms with Gasteiger partial charge in [-0.3, -0.25) is 0 Å². The second-order valence-corrected chi connectivity index (χ2v) is 3.02. The van der Waals surface area contributed by atoms with Crippen molar-refractivity contribution in [3.63, 3.8) is 0 Å². The molecule has 1 aliphatic rings. The van der Waals surface area contributed by atoms with Crippen LogP contribution in [0, 0.1) is 0 Å². The third kappa shape index (κ3) is 1.31. The molecule has 0 N–H and O–H groups in total. The molecule has 3 heteroatoms. The van der Waals surface area contributed by atoms with E-state index in [0.29, 0.717) is 0 Å². The molecule has 0 aromatic heterocycles. The largest absolute Gasteiger partial charge is 0.333 e. The van der Waals surface area contributed by atoms with Crippen molar-refractivity contribution in [3.05, 3.63) is 0 Å². The van der Waals surface area contributed by atoms with Gasteiger partial charge in [-0.15, -0.1) is 0 Å². The highest BCUT2D eigenvalue weighted by atomic mass is 16.9. The molecule has 0 spiro atoms. The smallest absolute Gasteiger partial charge is 0.272 e. The van der Waals surface area contributed by atoms with E-state index >= 15 is 0 Å². The summed E-state index contributed by atoms with van der Waals surface area (Å²) in [6.45, 7) is 5.46. The first kappa shape index (κ1) is 7.98. The quantitative estimate of drug-likeness (QED) is 0.555. The first-order chi connectivity index (χ1) is 4.56. The van der Waals surface area contributed by atoms with E-state index in [1.165, 1.54) is 0 Å². The Bertz CT molecular complexity index is 122. The van der Waals surface area contributed by atoms with Crippen LogP contribution in [0.4, 0.5) is 0 Å². The van der Waals surface area contributed by atoms with Crippen LogP contribution in [0.15, 0.2) is 0 Å². The molecule has 1 saturated heterocycles. The van der Waals surface area contributed by atoms with E-state index in [-0.39, 0.29) is 11.7 Å². The summed E-state index contributed by atoms with van der Waals surface area (Å²) in [4.78, 5) is 0. The Morgan fingerprint density at radius 1 is 1.40 bits per heavy atom. The maximum absolute atomic E-state index is 5.37. The zero-order valence-electron chi connectivity index (χ0n) is 6.88. The monoisotopic (exact) mass is 146 g/mol. The highest BCUT2D eigenvalue weighted by Gasteiger charge is 2.39. The molecule has 0 aromatic rings. The van der Waals surface area contributed by atoms with Crippen molar-refractivity contribution in [1.82, 2.24) is 0 Å². The maximum Gasteiger partial charge on any atom is 0.272 e. The van der Waals surface area contributed by atoms with Gasteiger partial charge < -0.3 is 14.2 Å². The van der Waals surface area contributed by atoms with Gasteiger partial charge in [0.25, 0.3) is 6.48 Å². The lowest BCUT2D eigenvalue weighted by atomic mass is 10.0. The standard InChI is InChI=1S/C7H14O3/c1-5-7(2,3)10-6(8-4)9-5/h5-6H,1-4H3/t5-,6?/m0/s1. The SMILES string of the molecule is COC1O[C@@H](C)C(C)(C)O1. The number of hydrogen-bond acceptors (Lipinski definition) is 3. The number of hydrogen-bond donors (Lipinski definition) is 0. The Labute approximate surface area is 61.3 Å². The van der Waals surface area contributed by atoms with E-state index < -0.39 is 6.48 Å². The van der Waals surface area contributed by atoms with E-state index in [2.05, 4.69) is 0 Å². The van der Waals surface area contributed by atoms with Gasteiger partial charge in [-0.2, -0.15) is 0 Å². The number of ether oxygens (including phenoxy) is 3. The molecule has 1 unspecified atom stereocenters. The van der Waals surface area contributed by atoms with Crippen LogP contribution in [0.5, 0.6) is 0 Å². The molecular formula is C7H14O3. The van der Waals surface area contributed by atoms with Crippen molar-refractivity contribution in [2.75, 3.05) is 7.11 Å². The maximum atomic E-state index is 5.37. The number of methoxy groups -OCH3 is 1. The summed E-state index contributed by atoms with van der Waals surface area (Å²) in [6, 6.07) is 0. The highest BCUT2D eigenvalue weighted by molar-refractivity contribution is 4.80. The van der Waals surface area contributed by atoms with E-state index in [4.69, 9.17) is 14.2 Å². The number of rotatable bonds is 1. The Hall–Kier alpha value is -0.120. The van der Waals surface area contributed by atoms with Crippen LogP contribution in [0.3, 0.4) is 0 Å². The highest BCUT2D eigenvalue weighted by Crippen LogP contribution is 2.28. The molecule has 1 fully saturated rings. The fourth-order valence-electron chi connectivity index (χ4n) is 0.806. The summed E-state index contributed by atoms with van der Waals surface area (Å²) in [5.74, 6) is 0. The average molecular weight is 146 g/mol. The molecule has 1 heterocycles. The van der Waals surface area contributed by atoms with Gasteiger partial charge in [0.15, 0.2) is 0 Å². The van der Waals surface area contributed by atoms with Crippen molar-refractivity contribution in [3.8, 4) is 0 Å². The molecule has 10 heavy (non-hydrogen) atoms. The molecule has 0 aromatic carbocycles. The second kappa shape index (κ2) is 2.49. The van der Waals surface area contributed by atoms with Crippen molar-refractivity contribution in [2.45, 2.75) is 39.0 Å². The molecule has 60 valence electrons. The van der Waals surface area contributed by atoms with Gasteiger partial charge >= 0.3 is 0 Å². The van der Waals surface area contributed by atoms with Gasteiger partial charge in [-0.05, 0) is 20.8 Å². The Kier molecular flexibility index (Phi) is 1.99. The first-order valence-electron chi connectivity index (χ1n) is 3.42. The van der Waals surface area contributed by atoms with Gasteiger partial charge in [0, 0.05) is 7.11 Å². The molecule has 3 nitrogen and oxygen atoms in total. The van der Waals surface area contributed by atoms with Crippen molar-refractivity contribution >= 4 is 0 Å². The van der Waals surface area contributed by atoms with Crippen molar-refractivity contribution in [1.29, 1.82) is 0 Å². The summed E-state index contributed by atoms with van der Waals surface area (Å²) in [5, 5.41) is 0. The molecule has 1 rings (SSSR count). The van der Waals surface area contributed by atoms with Gasteiger partial charge in [-0.25, -0.2) is 0 Å². The van der Waals surface area contributed by atoms with Gasteiger partial charge in [0.1, 0.15) is 0 Å². The topological polar surface area (TPSA) is 27.7 Å². The Morgan fingerprint density at radius 2 is 2.00 bits per heavy atom. The van der Waals surface area contributed by atoms with E-state index in [9.17, 15) is 0 Å². The molecule has 0 amide bonds. The minimum Gasteiger partial charge on any atom is -0.333 e. The summed E-state index contributed by atoms with van der Waals surface area (Å²) < 4.78 is 15.5. The molecular weight excluding hydrogens is 132 g/mol. The predicted molar refractivity (Wildman–Crippen MR) is 36.5 cm³/mol. The predicted octanol–water partition coefficient (Wildman–Crippen LogP) is 1.13.